The topological polar surface area (TPSA) is 37.8 Å². The van der Waals surface area contributed by atoms with Crippen molar-refractivity contribution >= 4 is 15.9 Å². The van der Waals surface area contributed by atoms with Gasteiger partial charge in [-0.25, -0.2) is 4.39 Å². The van der Waals surface area contributed by atoms with Crippen molar-refractivity contribution in [2.75, 3.05) is 7.05 Å². The van der Waals surface area contributed by atoms with E-state index in [0.717, 1.165) is 27.8 Å². The lowest BCUT2D eigenvalue weighted by atomic mass is 9.96. The molecule has 2 aromatic rings. The molecule has 1 unspecified atom stereocenters. The fraction of sp³-hybridized carbons (Fsp3) is 0.375. The minimum absolute atomic E-state index is 0.0184. The van der Waals surface area contributed by atoms with E-state index in [4.69, 9.17) is 0 Å². The summed E-state index contributed by atoms with van der Waals surface area (Å²) in [5.41, 5.74) is 3.61. The molecule has 3 nitrogen and oxygen atoms in total. The highest BCUT2D eigenvalue weighted by Gasteiger charge is 2.17. The Kier molecular flexibility index (Phi) is 5.42. The number of aromatic nitrogens is 2. The average Bonchev–Trinajstić information content (AvgIpc) is 2.46. The molecule has 2 rings (SSSR count). The largest absolute Gasteiger partial charge is 0.313 e. The number of likely N-dealkylation sites (N-methyl/N-ethyl adjacent to an activating group) is 1. The molecule has 0 saturated carbocycles. The predicted octanol–water partition coefficient (Wildman–Crippen LogP) is 3.75. The molecule has 0 saturated heterocycles. The summed E-state index contributed by atoms with van der Waals surface area (Å²) in [6.07, 6.45) is 1.39. The first-order valence-electron chi connectivity index (χ1n) is 6.99. The summed E-state index contributed by atoms with van der Waals surface area (Å²) >= 11 is 3.28. The van der Waals surface area contributed by atoms with E-state index in [1.165, 1.54) is 6.07 Å². The van der Waals surface area contributed by atoms with Gasteiger partial charge in [0.1, 0.15) is 5.82 Å². The summed E-state index contributed by atoms with van der Waals surface area (Å²) in [5.74, 6) is -0.193. The van der Waals surface area contributed by atoms with E-state index in [0.29, 0.717) is 12.0 Å². The minimum atomic E-state index is -0.193. The van der Waals surface area contributed by atoms with Gasteiger partial charge in [0.05, 0.1) is 11.4 Å². The fourth-order valence-corrected chi connectivity index (χ4v) is 2.72. The molecule has 0 bridgehead atoms. The average molecular weight is 352 g/mol. The number of nitrogens with zero attached hydrogens (tertiary/aromatic N) is 2. The fourth-order valence-electron chi connectivity index (χ4n) is 2.39. The SMILES string of the molecule is CCc1nnc(C)cc1C(Cc1ccc(Br)cc1F)NC. The molecule has 1 atom stereocenters. The molecule has 0 amide bonds. The van der Waals surface area contributed by atoms with Crippen LogP contribution in [0, 0.1) is 12.7 Å². The van der Waals surface area contributed by atoms with E-state index in [-0.39, 0.29) is 11.9 Å². The van der Waals surface area contributed by atoms with Crippen LogP contribution in [0.5, 0.6) is 0 Å². The first-order chi connectivity index (χ1) is 10.0. The minimum Gasteiger partial charge on any atom is -0.313 e. The van der Waals surface area contributed by atoms with E-state index >= 15 is 0 Å². The van der Waals surface area contributed by atoms with Gasteiger partial charge in [0, 0.05) is 10.5 Å². The van der Waals surface area contributed by atoms with Crippen molar-refractivity contribution in [3.63, 3.8) is 0 Å². The number of benzene rings is 1. The molecule has 0 aliphatic heterocycles. The highest BCUT2D eigenvalue weighted by atomic mass is 79.9. The molecule has 1 aromatic carbocycles. The van der Waals surface area contributed by atoms with Gasteiger partial charge >= 0.3 is 0 Å². The van der Waals surface area contributed by atoms with Gasteiger partial charge in [0.25, 0.3) is 0 Å². The molecule has 21 heavy (non-hydrogen) atoms. The van der Waals surface area contributed by atoms with E-state index in [1.54, 1.807) is 0 Å². The second-order valence-corrected chi connectivity index (χ2v) is 5.94. The second-order valence-electron chi connectivity index (χ2n) is 5.02. The second kappa shape index (κ2) is 7.09. The zero-order chi connectivity index (χ0) is 15.4. The Balaban J connectivity index is 2.34. The lowest BCUT2D eigenvalue weighted by Crippen LogP contribution is -2.22. The number of hydrogen-bond acceptors (Lipinski definition) is 3. The molecule has 5 heteroatoms. The van der Waals surface area contributed by atoms with Crippen molar-refractivity contribution < 1.29 is 4.39 Å². The maximum Gasteiger partial charge on any atom is 0.127 e. The van der Waals surface area contributed by atoms with Crippen LogP contribution < -0.4 is 5.32 Å². The third kappa shape index (κ3) is 3.86. The van der Waals surface area contributed by atoms with Gasteiger partial charge in [-0.15, -0.1) is 0 Å². The van der Waals surface area contributed by atoms with Crippen LogP contribution in [0.4, 0.5) is 4.39 Å². The van der Waals surface area contributed by atoms with Crippen LogP contribution in [0.1, 0.15) is 35.5 Å². The maximum absolute atomic E-state index is 14.0. The molecule has 1 heterocycles. The summed E-state index contributed by atoms with van der Waals surface area (Å²) in [6.45, 7) is 3.97. The Labute approximate surface area is 133 Å². The molecular weight excluding hydrogens is 333 g/mol. The molecular formula is C16H19BrFN3. The van der Waals surface area contributed by atoms with Gasteiger partial charge in [-0.3, -0.25) is 0 Å². The van der Waals surface area contributed by atoms with Crippen LogP contribution in [-0.4, -0.2) is 17.2 Å². The van der Waals surface area contributed by atoms with Crippen LogP contribution >= 0.6 is 15.9 Å². The van der Waals surface area contributed by atoms with Crippen LogP contribution in [0.15, 0.2) is 28.7 Å². The molecule has 1 aromatic heterocycles. The molecule has 0 fully saturated rings. The van der Waals surface area contributed by atoms with Crippen LogP contribution in [-0.2, 0) is 12.8 Å². The molecule has 0 aliphatic carbocycles. The summed E-state index contributed by atoms with van der Waals surface area (Å²) in [4.78, 5) is 0. The van der Waals surface area contributed by atoms with Crippen molar-refractivity contribution in [3.05, 3.63) is 57.1 Å². The van der Waals surface area contributed by atoms with Crippen molar-refractivity contribution in [2.24, 2.45) is 0 Å². The predicted molar refractivity (Wildman–Crippen MR) is 85.8 cm³/mol. The van der Waals surface area contributed by atoms with Crippen molar-refractivity contribution in [1.29, 1.82) is 0 Å². The first-order valence-corrected chi connectivity index (χ1v) is 7.78. The Morgan fingerprint density at radius 3 is 2.67 bits per heavy atom. The number of aryl methyl sites for hydroxylation is 2. The zero-order valence-electron chi connectivity index (χ0n) is 12.5. The van der Waals surface area contributed by atoms with Crippen molar-refractivity contribution in [2.45, 2.75) is 32.7 Å². The summed E-state index contributed by atoms with van der Waals surface area (Å²) in [7, 11) is 1.89. The Morgan fingerprint density at radius 1 is 1.29 bits per heavy atom. The van der Waals surface area contributed by atoms with Crippen LogP contribution in [0.2, 0.25) is 0 Å². The van der Waals surface area contributed by atoms with E-state index in [9.17, 15) is 4.39 Å². The third-order valence-corrected chi connectivity index (χ3v) is 4.02. The maximum atomic E-state index is 14.0. The van der Waals surface area contributed by atoms with Gasteiger partial charge in [0.2, 0.25) is 0 Å². The van der Waals surface area contributed by atoms with Crippen LogP contribution in [0.25, 0.3) is 0 Å². The normalized spacial score (nSPS) is 12.4. The number of nitrogens with one attached hydrogen (secondary N) is 1. The van der Waals surface area contributed by atoms with Crippen molar-refractivity contribution in [3.8, 4) is 0 Å². The van der Waals surface area contributed by atoms with E-state index in [1.807, 2.05) is 32.2 Å². The Morgan fingerprint density at radius 2 is 2.05 bits per heavy atom. The van der Waals surface area contributed by atoms with E-state index < -0.39 is 0 Å². The molecule has 112 valence electrons. The summed E-state index contributed by atoms with van der Waals surface area (Å²) in [6, 6.07) is 7.23. The van der Waals surface area contributed by atoms with Gasteiger partial charge in [0.15, 0.2) is 0 Å². The number of hydrogen-bond donors (Lipinski definition) is 1. The smallest absolute Gasteiger partial charge is 0.127 e. The summed E-state index contributed by atoms with van der Waals surface area (Å²) < 4.78 is 14.8. The molecule has 1 N–H and O–H groups in total. The first kappa shape index (κ1) is 16.0. The van der Waals surface area contributed by atoms with Gasteiger partial charge < -0.3 is 5.32 Å². The van der Waals surface area contributed by atoms with Crippen LogP contribution in [0.3, 0.4) is 0 Å². The lowest BCUT2D eigenvalue weighted by Gasteiger charge is -2.19. The van der Waals surface area contributed by atoms with Gasteiger partial charge in [-0.2, -0.15) is 10.2 Å². The Bertz CT molecular complexity index is 631. The standard InChI is InChI=1S/C16H19BrFN3/c1-4-15-13(7-10(2)20-21-15)16(19-3)8-11-5-6-12(17)9-14(11)18/h5-7,9,16,19H,4,8H2,1-3H3. The Hall–Kier alpha value is -1.33. The van der Waals surface area contributed by atoms with Gasteiger partial charge in [-0.1, -0.05) is 28.9 Å². The number of rotatable bonds is 5. The quantitative estimate of drug-likeness (QED) is 0.891. The third-order valence-electron chi connectivity index (χ3n) is 3.52. The monoisotopic (exact) mass is 351 g/mol. The molecule has 0 radical (unpaired) electrons. The molecule has 0 spiro atoms. The zero-order valence-corrected chi connectivity index (χ0v) is 14.0. The summed E-state index contributed by atoms with van der Waals surface area (Å²) in [5, 5.41) is 11.6. The van der Waals surface area contributed by atoms with E-state index in [2.05, 4.69) is 38.4 Å². The van der Waals surface area contributed by atoms with Crippen molar-refractivity contribution in [1.82, 2.24) is 15.5 Å². The molecule has 0 aliphatic rings. The highest BCUT2D eigenvalue weighted by molar-refractivity contribution is 9.10. The van der Waals surface area contributed by atoms with Gasteiger partial charge in [-0.05, 0) is 56.1 Å². The number of halogens is 2. The highest BCUT2D eigenvalue weighted by Crippen LogP contribution is 2.24. The lowest BCUT2D eigenvalue weighted by molar-refractivity contribution is 0.547.